The summed E-state index contributed by atoms with van der Waals surface area (Å²) in [6.45, 7) is 2.13. The molecule has 6 rings (SSSR count). The van der Waals surface area contributed by atoms with E-state index in [1.807, 2.05) is 0 Å². The first-order valence-corrected chi connectivity index (χ1v) is 13.3. The van der Waals surface area contributed by atoms with Crippen LogP contribution in [-0.2, 0) is 0 Å². The van der Waals surface area contributed by atoms with Gasteiger partial charge >= 0.3 is 0 Å². The van der Waals surface area contributed by atoms with E-state index < -0.39 is 0 Å². The molecule has 0 aromatic heterocycles. The van der Waals surface area contributed by atoms with E-state index in [1.54, 1.807) is 0 Å². The van der Waals surface area contributed by atoms with Crippen molar-refractivity contribution in [1.29, 1.82) is 0 Å². The smallest absolute Gasteiger partial charge is 0.0551 e. The zero-order valence-electron chi connectivity index (χ0n) is 21.6. The monoisotopic (exact) mass is 489 g/mol. The Hall–Kier alpha value is -4.62. The van der Waals surface area contributed by atoms with E-state index in [9.17, 15) is 0 Å². The first-order chi connectivity index (χ1) is 18.7. The molecule has 0 saturated carbocycles. The lowest BCUT2D eigenvalue weighted by Gasteiger charge is -2.29. The molecular formula is C37H31N. The van der Waals surface area contributed by atoms with E-state index in [0.717, 1.165) is 5.69 Å². The van der Waals surface area contributed by atoms with Crippen LogP contribution in [0.3, 0.4) is 0 Å². The third kappa shape index (κ3) is 5.23. The average molecular weight is 490 g/mol. The summed E-state index contributed by atoms with van der Waals surface area (Å²) in [6, 6.07) is 47.9. The minimum atomic E-state index is 0.148. The highest BCUT2D eigenvalue weighted by Crippen LogP contribution is 2.35. The fourth-order valence-electron chi connectivity index (χ4n) is 5.17. The maximum atomic E-state index is 3.80. The van der Waals surface area contributed by atoms with Crippen molar-refractivity contribution in [3.63, 3.8) is 0 Å². The molecule has 1 nitrogen and oxygen atoms in total. The molecule has 1 N–H and O–H groups in total. The third-order valence-electron chi connectivity index (χ3n) is 7.34. The van der Waals surface area contributed by atoms with Gasteiger partial charge in [0.15, 0.2) is 0 Å². The summed E-state index contributed by atoms with van der Waals surface area (Å²) in [6.07, 6.45) is 6.97. The van der Waals surface area contributed by atoms with Gasteiger partial charge in [0.2, 0.25) is 0 Å². The second-order valence-electron chi connectivity index (χ2n) is 9.97. The van der Waals surface area contributed by atoms with E-state index >= 15 is 0 Å². The number of nitrogens with one attached hydrogen (secondary N) is 1. The summed E-state index contributed by atoms with van der Waals surface area (Å²) in [4.78, 5) is 0. The molecule has 2 atom stereocenters. The van der Waals surface area contributed by atoms with Gasteiger partial charge in [0.25, 0.3) is 0 Å². The summed E-state index contributed by atoms with van der Waals surface area (Å²) < 4.78 is 0. The van der Waals surface area contributed by atoms with Gasteiger partial charge in [-0.05, 0) is 58.0 Å². The minimum Gasteiger partial charge on any atom is -0.378 e. The van der Waals surface area contributed by atoms with Gasteiger partial charge in [-0.25, -0.2) is 0 Å². The number of rotatable bonds is 6. The number of hydrogen-bond donors (Lipinski definition) is 1. The number of allylic oxidation sites excluding steroid dienone is 2. The van der Waals surface area contributed by atoms with Crippen molar-refractivity contribution in [2.24, 2.45) is 0 Å². The molecule has 1 aliphatic carbocycles. The molecule has 0 radical (unpaired) electrons. The van der Waals surface area contributed by atoms with Gasteiger partial charge in [-0.15, -0.1) is 0 Å². The van der Waals surface area contributed by atoms with Gasteiger partial charge < -0.3 is 5.32 Å². The summed E-state index contributed by atoms with van der Waals surface area (Å²) in [5, 5.41) is 3.80. The Labute approximate surface area is 225 Å². The zero-order chi connectivity index (χ0) is 25.7. The number of anilines is 1. The second-order valence-corrected chi connectivity index (χ2v) is 9.97. The fourth-order valence-corrected chi connectivity index (χ4v) is 5.17. The molecule has 0 fully saturated rings. The van der Waals surface area contributed by atoms with E-state index in [1.165, 1.54) is 44.5 Å². The van der Waals surface area contributed by atoms with Crippen LogP contribution < -0.4 is 5.32 Å². The van der Waals surface area contributed by atoms with Crippen LogP contribution in [0.4, 0.5) is 5.69 Å². The highest BCUT2D eigenvalue weighted by molar-refractivity contribution is 5.77. The molecule has 0 saturated heterocycles. The molecular weight excluding hydrogens is 458 g/mol. The van der Waals surface area contributed by atoms with Gasteiger partial charge in [-0.3, -0.25) is 0 Å². The average Bonchev–Trinajstić information content (AvgIpc) is 2.99. The molecule has 1 aliphatic rings. The summed E-state index contributed by atoms with van der Waals surface area (Å²) in [5.41, 5.74) is 11.2. The van der Waals surface area contributed by atoms with Gasteiger partial charge in [0.05, 0.1) is 6.04 Å². The van der Waals surface area contributed by atoms with E-state index in [0.29, 0.717) is 0 Å². The molecule has 0 bridgehead atoms. The first kappa shape index (κ1) is 23.8. The highest BCUT2D eigenvalue weighted by atomic mass is 14.9. The van der Waals surface area contributed by atoms with Crippen molar-refractivity contribution in [2.75, 3.05) is 5.32 Å². The van der Waals surface area contributed by atoms with Crippen molar-refractivity contribution in [3.8, 4) is 22.3 Å². The lowest BCUT2D eigenvalue weighted by Crippen LogP contribution is -2.26. The van der Waals surface area contributed by atoms with Gasteiger partial charge in [-0.1, -0.05) is 145 Å². The largest absolute Gasteiger partial charge is 0.378 e. The zero-order valence-corrected chi connectivity index (χ0v) is 21.6. The van der Waals surface area contributed by atoms with Crippen LogP contribution in [0.1, 0.15) is 22.6 Å². The molecule has 0 heterocycles. The topological polar surface area (TPSA) is 12.0 Å². The predicted octanol–water partition coefficient (Wildman–Crippen LogP) is 9.55. The highest BCUT2D eigenvalue weighted by Gasteiger charge is 2.23. The molecule has 5 aromatic carbocycles. The Bertz CT molecular complexity index is 1540. The van der Waals surface area contributed by atoms with Crippen LogP contribution in [0.25, 0.3) is 27.8 Å². The Kier molecular flexibility index (Phi) is 6.74. The van der Waals surface area contributed by atoms with Crippen molar-refractivity contribution < 1.29 is 0 Å². The van der Waals surface area contributed by atoms with Crippen LogP contribution in [0.15, 0.2) is 152 Å². The van der Waals surface area contributed by atoms with Gasteiger partial charge in [0, 0.05) is 11.6 Å². The predicted molar refractivity (Wildman–Crippen MR) is 162 cm³/mol. The van der Waals surface area contributed by atoms with E-state index in [4.69, 9.17) is 0 Å². The molecule has 0 spiro atoms. The molecule has 38 heavy (non-hydrogen) atoms. The molecule has 0 aliphatic heterocycles. The molecule has 1 heteroatoms. The first-order valence-electron chi connectivity index (χ1n) is 13.3. The lowest BCUT2D eigenvalue weighted by atomic mass is 9.83. The fraction of sp³-hybridized carbons (Fsp3) is 0.0811. The van der Waals surface area contributed by atoms with Crippen LogP contribution in [0.2, 0.25) is 0 Å². The van der Waals surface area contributed by atoms with Gasteiger partial charge in [-0.2, -0.15) is 0 Å². The Morgan fingerprint density at radius 2 is 1.00 bits per heavy atom. The van der Waals surface area contributed by atoms with Crippen molar-refractivity contribution in [2.45, 2.75) is 18.9 Å². The van der Waals surface area contributed by atoms with Crippen LogP contribution in [0, 0.1) is 6.92 Å². The normalized spacial score (nSPS) is 16.6. The standard InChI is InChI=1S/C37H31N/c1-27-12-14-30(15-13-27)31-16-18-33(19-17-31)36-26-34(29-10-6-3-7-11-29)22-25-37(36)38-35-23-20-32(21-24-35)28-8-4-2-5-9-28/h2-26,36-38H,1H3. The van der Waals surface area contributed by atoms with E-state index in [-0.39, 0.29) is 12.0 Å². The second kappa shape index (κ2) is 10.8. The lowest BCUT2D eigenvalue weighted by molar-refractivity contribution is 0.759. The van der Waals surface area contributed by atoms with Crippen molar-refractivity contribution in [1.82, 2.24) is 0 Å². The summed E-state index contributed by atoms with van der Waals surface area (Å²) >= 11 is 0. The van der Waals surface area contributed by atoms with Crippen molar-refractivity contribution in [3.05, 3.63) is 168 Å². The minimum absolute atomic E-state index is 0.148. The van der Waals surface area contributed by atoms with Crippen LogP contribution in [0.5, 0.6) is 0 Å². The Morgan fingerprint density at radius 1 is 0.500 bits per heavy atom. The Balaban J connectivity index is 1.29. The number of hydrogen-bond acceptors (Lipinski definition) is 1. The Morgan fingerprint density at radius 3 is 1.61 bits per heavy atom. The van der Waals surface area contributed by atoms with Gasteiger partial charge in [0.1, 0.15) is 0 Å². The molecule has 184 valence electrons. The van der Waals surface area contributed by atoms with Crippen molar-refractivity contribution >= 4 is 11.3 Å². The SMILES string of the molecule is Cc1ccc(-c2ccc(C3C=C(c4ccccc4)C=CC3Nc3ccc(-c4ccccc4)cc3)cc2)cc1. The maximum Gasteiger partial charge on any atom is 0.0551 e. The molecule has 0 amide bonds. The molecule has 5 aromatic rings. The van der Waals surface area contributed by atoms with Crippen LogP contribution in [-0.4, -0.2) is 6.04 Å². The molecule has 2 unspecified atom stereocenters. The third-order valence-corrected chi connectivity index (χ3v) is 7.34. The van der Waals surface area contributed by atoms with Crippen LogP contribution >= 0.6 is 0 Å². The van der Waals surface area contributed by atoms with E-state index in [2.05, 4.69) is 164 Å². The maximum absolute atomic E-state index is 3.80. The summed E-state index contributed by atoms with van der Waals surface area (Å²) in [7, 11) is 0. The quantitative estimate of drug-likeness (QED) is 0.250. The number of benzene rings is 5. The number of aryl methyl sites for hydroxylation is 1. The summed E-state index contributed by atoms with van der Waals surface area (Å²) in [5.74, 6) is 0.205.